The van der Waals surface area contributed by atoms with E-state index in [-0.39, 0.29) is 17.5 Å². The van der Waals surface area contributed by atoms with Crippen molar-refractivity contribution in [1.29, 1.82) is 0 Å². The third-order valence-corrected chi connectivity index (χ3v) is 2.84. The van der Waals surface area contributed by atoms with E-state index in [0.29, 0.717) is 17.9 Å². The average Bonchev–Trinajstić information content (AvgIpc) is 2.37. The molecule has 0 unspecified atom stereocenters. The Balaban J connectivity index is 3.16. The van der Waals surface area contributed by atoms with Crippen LogP contribution in [0.5, 0.6) is 0 Å². The first-order valence-corrected chi connectivity index (χ1v) is 6.49. The first-order chi connectivity index (χ1) is 8.99. The molecule has 19 heavy (non-hydrogen) atoms. The van der Waals surface area contributed by atoms with Crippen LogP contribution in [-0.4, -0.2) is 36.1 Å². The topological polar surface area (TPSA) is 68.5 Å². The lowest BCUT2D eigenvalue weighted by atomic mass is 10.2. The average molecular weight is 281 g/mol. The molecule has 0 spiro atoms. The largest absolute Gasteiger partial charge is 0.468 e. The molecule has 1 rings (SSSR count). The molecule has 0 aliphatic carbocycles. The van der Waals surface area contributed by atoms with Crippen LogP contribution in [-0.2, 0) is 9.53 Å². The Morgan fingerprint density at radius 3 is 2.74 bits per heavy atom. The number of ether oxygens (including phenoxy) is 1. The summed E-state index contributed by atoms with van der Waals surface area (Å²) in [6.45, 7) is 4.73. The number of carbonyl (C=O) groups is 1. The molecule has 0 radical (unpaired) electrons. The van der Waals surface area contributed by atoms with Gasteiger partial charge >= 0.3 is 5.97 Å². The summed E-state index contributed by atoms with van der Waals surface area (Å²) in [4.78, 5) is 18.0. The zero-order valence-electron chi connectivity index (χ0n) is 11.5. The van der Waals surface area contributed by atoms with E-state index < -0.39 is 0 Å². The minimum atomic E-state index is -0.314. The number of nitrogens with two attached hydrogens (primary N) is 1. The Labute approximate surface area is 118 Å². The van der Waals surface area contributed by atoms with Crippen LogP contribution < -0.4 is 10.6 Å². The molecule has 6 heteroatoms. The van der Waals surface area contributed by atoms with Gasteiger partial charge in [0.15, 0.2) is 0 Å². The quantitative estimate of drug-likeness (QED) is 0.628. The second kappa shape index (κ2) is 7.04. The van der Waals surface area contributed by atoms with Crippen LogP contribution in [0.3, 0.4) is 0 Å². The number of hydrogen-bond donors (Lipinski definition) is 1. The zero-order valence-corrected chi connectivity index (χ0v) is 12.3. The molecule has 2 N–H and O–H groups in total. The second-order valence-corrected chi connectivity index (χ2v) is 4.63. The number of methoxy groups -OCH3 is 1. The zero-order chi connectivity index (χ0) is 14.4. The summed E-state index contributed by atoms with van der Waals surface area (Å²) in [6, 6.07) is 3.68. The molecule has 5 nitrogen and oxygen atoms in total. The van der Waals surface area contributed by atoms with Crippen molar-refractivity contribution in [2.45, 2.75) is 20.3 Å². The lowest BCUT2D eigenvalue weighted by Gasteiger charge is -2.24. The lowest BCUT2D eigenvalue weighted by molar-refractivity contribution is -0.138. The highest BCUT2D eigenvalue weighted by atomic mass is 32.1. The molecule has 0 amide bonds. The van der Waals surface area contributed by atoms with Gasteiger partial charge in [0.05, 0.1) is 12.7 Å². The Morgan fingerprint density at radius 1 is 1.53 bits per heavy atom. The van der Waals surface area contributed by atoms with E-state index in [0.717, 1.165) is 12.1 Å². The summed E-state index contributed by atoms with van der Waals surface area (Å²) in [5, 5.41) is 0. The number of nitrogens with zero attached hydrogens (tertiary/aromatic N) is 2. The normalized spacial score (nSPS) is 10.1. The molecule has 0 atom stereocenters. The molecule has 0 aromatic carbocycles. The van der Waals surface area contributed by atoms with Crippen LogP contribution in [0.25, 0.3) is 0 Å². The number of thiocarbonyl (C=S) groups is 1. The van der Waals surface area contributed by atoms with E-state index in [1.165, 1.54) is 7.11 Å². The highest BCUT2D eigenvalue weighted by Gasteiger charge is 2.17. The maximum Gasteiger partial charge on any atom is 0.325 e. The molecule has 1 heterocycles. The van der Waals surface area contributed by atoms with Gasteiger partial charge in [0, 0.05) is 12.2 Å². The summed E-state index contributed by atoms with van der Waals surface area (Å²) in [6.07, 6.45) is 0.878. The van der Waals surface area contributed by atoms with E-state index >= 15 is 0 Å². The van der Waals surface area contributed by atoms with Crippen LogP contribution in [0.1, 0.15) is 24.6 Å². The summed E-state index contributed by atoms with van der Waals surface area (Å²) in [7, 11) is 1.37. The third kappa shape index (κ3) is 4.17. The fourth-order valence-electron chi connectivity index (χ4n) is 1.73. The molecular weight excluding hydrogens is 262 g/mol. The number of aromatic nitrogens is 1. The van der Waals surface area contributed by atoms with Crippen LogP contribution >= 0.6 is 12.2 Å². The number of rotatable bonds is 6. The van der Waals surface area contributed by atoms with Crippen molar-refractivity contribution in [2.24, 2.45) is 5.73 Å². The minimum Gasteiger partial charge on any atom is -0.468 e. The maximum absolute atomic E-state index is 11.5. The SMILES string of the molecule is CCCN(CC(=O)OC)c1nc(C)ccc1C(N)=S. The van der Waals surface area contributed by atoms with Crippen molar-refractivity contribution in [3.05, 3.63) is 23.4 Å². The summed E-state index contributed by atoms with van der Waals surface area (Å²) < 4.78 is 4.71. The smallest absolute Gasteiger partial charge is 0.325 e. The first kappa shape index (κ1) is 15.4. The van der Waals surface area contributed by atoms with Crippen molar-refractivity contribution in [3.63, 3.8) is 0 Å². The number of carbonyl (C=O) groups excluding carboxylic acids is 1. The van der Waals surface area contributed by atoms with E-state index in [9.17, 15) is 4.79 Å². The van der Waals surface area contributed by atoms with Crippen molar-refractivity contribution in [2.75, 3.05) is 25.1 Å². The molecule has 0 aliphatic rings. The monoisotopic (exact) mass is 281 g/mol. The molecule has 0 bridgehead atoms. The van der Waals surface area contributed by atoms with Gasteiger partial charge < -0.3 is 15.4 Å². The van der Waals surface area contributed by atoms with E-state index in [1.807, 2.05) is 30.9 Å². The first-order valence-electron chi connectivity index (χ1n) is 6.08. The van der Waals surface area contributed by atoms with Gasteiger partial charge in [-0.2, -0.15) is 0 Å². The van der Waals surface area contributed by atoms with Crippen molar-refractivity contribution in [3.8, 4) is 0 Å². The van der Waals surface area contributed by atoms with Crippen LogP contribution in [0.4, 0.5) is 5.82 Å². The Kier molecular flexibility index (Phi) is 5.69. The predicted octanol–water partition coefficient (Wildman–Crippen LogP) is 1.41. The molecular formula is C13H19N3O2S. The van der Waals surface area contributed by atoms with Gasteiger partial charge in [-0.25, -0.2) is 4.98 Å². The van der Waals surface area contributed by atoms with E-state index in [4.69, 9.17) is 22.7 Å². The second-order valence-electron chi connectivity index (χ2n) is 4.19. The predicted molar refractivity (Wildman–Crippen MR) is 79.4 cm³/mol. The molecule has 104 valence electrons. The fourth-order valence-corrected chi connectivity index (χ4v) is 1.89. The van der Waals surface area contributed by atoms with Gasteiger partial charge in [0.1, 0.15) is 17.4 Å². The van der Waals surface area contributed by atoms with Gasteiger partial charge in [0.2, 0.25) is 0 Å². The molecule has 0 saturated carbocycles. The minimum absolute atomic E-state index is 0.135. The molecule has 0 saturated heterocycles. The Hall–Kier alpha value is -1.69. The van der Waals surface area contributed by atoms with Crippen LogP contribution in [0.2, 0.25) is 0 Å². The van der Waals surface area contributed by atoms with Crippen molar-refractivity contribution in [1.82, 2.24) is 4.98 Å². The van der Waals surface area contributed by atoms with E-state index in [2.05, 4.69) is 4.98 Å². The summed E-state index contributed by atoms with van der Waals surface area (Å²) in [5.41, 5.74) is 7.24. The van der Waals surface area contributed by atoms with Gasteiger partial charge in [-0.05, 0) is 25.5 Å². The maximum atomic E-state index is 11.5. The van der Waals surface area contributed by atoms with Gasteiger partial charge in [0.25, 0.3) is 0 Å². The number of anilines is 1. The summed E-state index contributed by atoms with van der Waals surface area (Å²) in [5.74, 6) is 0.324. The Morgan fingerprint density at radius 2 is 2.21 bits per heavy atom. The highest BCUT2D eigenvalue weighted by Crippen LogP contribution is 2.19. The lowest BCUT2D eigenvalue weighted by Crippen LogP contribution is -2.34. The number of aryl methyl sites for hydroxylation is 1. The van der Waals surface area contributed by atoms with Crippen LogP contribution in [0, 0.1) is 6.92 Å². The number of pyridine rings is 1. The molecule has 1 aromatic heterocycles. The van der Waals surface area contributed by atoms with Crippen molar-refractivity contribution >= 4 is 29.0 Å². The Bertz CT molecular complexity index is 477. The van der Waals surface area contributed by atoms with Gasteiger partial charge in [-0.15, -0.1) is 0 Å². The van der Waals surface area contributed by atoms with Gasteiger partial charge in [-0.1, -0.05) is 19.1 Å². The van der Waals surface area contributed by atoms with Crippen molar-refractivity contribution < 1.29 is 9.53 Å². The fraction of sp³-hybridized carbons (Fsp3) is 0.462. The van der Waals surface area contributed by atoms with Crippen LogP contribution in [0.15, 0.2) is 12.1 Å². The molecule has 0 aliphatic heterocycles. The summed E-state index contributed by atoms with van der Waals surface area (Å²) >= 11 is 5.03. The van der Waals surface area contributed by atoms with Gasteiger partial charge in [-0.3, -0.25) is 4.79 Å². The number of hydrogen-bond acceptors (Lipinski definition) is 5. The third-order valence-electron chi connectivity index (χ3n) is 2.62. The molecule has 0 fully saturated rings. The molecule has 1 aromatic rings. The number of esters is 1. The standard InChI is InChI=1S/C13H19N3O2S/c1-4-7-16(8-11(17)18-3)13-10(12(14)19)6-5-9(2)15-13/h5-6H,4,7-8H2,1-3H3,(H2,14,19). The van der Waals surface area contributed by atoms with E-state index in [1.54, 1.807) is 0 Å². The highest BCUT2D eigenvalue weighted by molar-refractivity contribution is 7.80.